The van der Waals surface area contributed by atoms with Gasteiger partial charge in [0, 0.05) is 52.4 Å². The molecule has 0 spiro atoms. The van der Waals surface area contributed by atoms with Crippen LogP contribution in [0.15, 0.2) is 67.3 Å². The number of H-pyrrole nitrogens is 1. The smallest absolute Gasteiger partial charge is 0.251 e. The lowest BCUT2D eigenvalue weighted by atomic mass is 9.99. The van der Waals surface area contributed by atoms with Gasteiger partial charge in [-0.15, -0.1) is 0 Å². The number of nitrogens with zero attached hydrogens (tertiary/aromatic N) is 4. The Kier molecular flexibility index (Phi) is 6.10. The van der Waals surface area contributed by atoms with Crippen LogP contribution in [-0.2, 0) is 0 Å². The zero-order valence-corrected chi connectivity index (χ0v) is 20.5. The van der Waals surface area contributed by atoms with E-state index in [1.54, 1.807) is 42.9 Å². The Bertz CT molecular complexity index is 1580. The van der Waals surface area contributed by atoms with Crippen LogP contribution in [0.25, 0.3) is 44.3 Å². The highest BCUT2D eigenvalue weighted by molar-refractivity contribution is 6.13. The number of halogens is 1. The number of aromatic nitrogens is 4. The van der Waals surface area contributed by atoms with Crippen molar-refractivity contribution in [2.75, 3.05) is 19.6 Å². The SMILES string of the molecule is CC(CNC(=O)c1ccc(-c2c(F)cnc3[nH]c4cnc(-c5cccnc5)cc4c23)cc1)N1CCCC1. The molecule has 1 aliphatic heterocycles. The first-order valence-electron chi connectivity index (χ1n) is 12.6. The summed E-state index contributed by atoms with van der Waals surface area (Å²) in [5, 5.41) is 4.54. The zero-order valence-electron chi connectivity index (χ0n) is 20.5. The van der Waals surface area contributed by atoms with E-state index < -0.39 is 5.82 Å². The summed E-state index contributed by atoms with van der Waals surface area (Å²) < 4.78 is 15.3. The number of nitrogens with one attached hydrogen (secondary N) is 2. The van der Waals surface area contributed by atoms with Gasteiger partial charge >= 0.3 is 0 Å². The molecule has 0 saturated carbocycles. The predicted molar refractivity (Wildman–Crippen MR) is 143 cm³/mol. The number of amides is 1. The van der Waals surface area contributed by atoms with Gasteiger partial charge in [0.15, 0.2) is 0 Å². The van der Waals surface area contributed by atoms with Crippen molar-refractivity contribution in [3.05, 3.63) is 78.6 Å². The number of benzene rings is 1. The fourth-order valence-corrected chi connectivity index (χ4v) is 5.13. The molecule has 37 heavy (non-hydrogen) atoms. The first-order valence-corrected chi connectivity index (χ1v) is 12.6. The number of hydrogen-bond acceptors (Lipinski definition) is 5. The van der Waals surface area contributed by atoms with Gasteiger partial charge in [0.2, 0.25) is 0 Å². The molecule has 1 amide bonds. The number of aromatic amines is 1. The summed E-state index contributed by atoms with van der Waals surface area (Å²) in [5.74, 6) is -0.554. The summed E-state index contributed by atoms with van der Waals surface area (Å²) in [4.78, 5) is 31.4. The molecule has 0 bridgehead atoms. The molecule has 0 aliphatic carbocycles. The third kappa shape index (κ3) is 4.44. The van der Waals surface area contributed by atoms with Crippen molar-refractivity contribution in [1.29, 1.82) is 0 Å². The topological polar surface area (TPSA) is 86.8 Å². The van der Waals surface area contributed by atoms with Gasteiger partial charge in [-0.3, -0.25) is 19.7 Å². The van der Waals surface area contributed by atoms with Crippen molar-refractivity contribution in [3.63, 3.8) is 0 Å². The second-order valence-electron chi connectivity index (χ2n) is 9.57. The number of hydrogen-bond donors (Lipinski definition) is 2. The maximum absolute atomic E-state index is 15.3. The molecule has 4 aromatic heterocycles. The average Bonchev–Trinajstić information content (AvgIpc) is 3.60. The molecule has 1 saturated heterocycles. The van der Waals surface area contributed by atoms with Gasteiger partial charge in [-0.05, 0) is 68.8 Å². The van der Waals surface area contributed by atoms with E-state index in [0.717, 1.165) is 35.2 Å². The minimum atomic E-state index is -0.426. The molecule has 6 rings (SSSR count). The first-order chi connectivity index (χ1) is 18.1. The Balaban J connectivity index is 1.32. The number of carbonyl (C=O) groups is 1. The standard InChI is InChI=1S/C29H27FN6O/c1-18(36-11-2-3-12-36)14-34-29(37)20-8-6-19(7-9-20)26-23(30)16-33-28-27(26)22-13-24(32-17-25(22)35-28)21-5-4-10-31-15-21/h4-10,13,15-18H,2-3,11-12,14H2,1H3,(H,33,35)(H,34,37). The minimum absolute atomic E-state index is 0.128. The van der Waals surface area contributed by atoms with Gasteiger partial charge in [-0.25, -0.2) is 9.37 Å². The van der Waals surface area contributed by atoms with Crippen LogP contribution in [-0.4, -0.2) is 56.4 Å². The van der Waals surface area contributed by atoms with E-state index in [9.17, 15) is 4.79 Å². The van der Waals surface area contributed by atoms with Crippen molar-refractivity contribution in [3.8, 4) is 22.4 Å². The Labute approximate surface area is 213 Å². The maximum atomic E-state index is 15.3. The number of likely N-dealkylation sites (tertiary alicyclic amines) is 1. The van der Waals surface area contributed by atoms with Crippen LogP contribution >= 0.6 is 0 Å². The van der Waals surface area contributed by atoms with E-state index in [0.29, 0.717) is 40.3 Å². The maximum Gasteiger partial charge on any atom is 0.251 e. The first kappa shape index (κ1) is 23.2. The van der Waals surface area contributed by atoms with Crippen LogP contribution in [0.4, 0.5) is 4.39 Å². The third-order valence-corrected chi connectivity index (χ3v) is 7.17. The highest BCUT2D eigenvalue weighted by Gasteiger charge is 2.20. The molecule has 8 heteroatoms. The third-order valence-electron chi connectivity index (χ3n) is 7.17. The summed E-state index contributed by atoms with van der Waals surface area (Å²) >= 11 is 0. The number of carbonyl (C=O) groups excluding carboxylic acids is 1. The van der Waals surface area contributed by atoms with E-state index in [1.807, 2.05) is 18.2 Å². The van der Waals surface area contributed by atoms with Gasteiger partial charge in [0.05, 0.1) is 23.6 Å². The number of fused-ring (bicyclic) bond motifs is 3. The van der Waals surface area contributed by atoms with E-state index in [2.05, 4.69) is 37.1 Å². The van der Waals surface area contributed by atoms with Crippen LogP contribution < -0.4 is 5.32 Å². The Morgan fingerprint density at radius 2 is 1.89 bits per heavy atom. The predicted octanol–water partition coefficient (Wildman–Crippen LogP) is 5.19. The Hall–Kier alpha value is -4.17. The molecule has 1 fully saturated rings. The van der Waals surface area contributed by atoms with Crippen LogP contribution in [0.3, 0.4) is 0 Å². The molecule has 7 nitrogen and oxygen atoms in total. The molecule has 186 valence electrons. The van der Waals surface area contributed by atoms with Gasteiger partial charge in [-0.1, -0.05) is 12.1 Å². The lowest BCUT2D eigenvalue weighted by molar-refractivity contribution is 0.0940. The molecular formula is C29H27FN6O. The largest absolute Gasteiger partial charge is 0.350 e. The van der Waals surface area contributed by atoms with Crippen molar-refractivity contribution < 1.29 is 9.18 Å². The second-order valence-corrected chi connectivity index (χ2v) is 9.57. The van der Waals surface area contributed by atoms with Crippen LogP contribution in [0.2, 0.25) is 0 Å². The second kappa shape index (κ2) is 9.71. The molecule has 0 radical (unpaired) electrons. The lowest BCUT2D eigenvalue weighted by Gasteiger charge is -2.23. The lowest BCUT2D eigenvalue weighted by Crippen LogP contribution is -2.40. The Morgan fingerprint density at radius 1 is 1.08 bits per heavy atom. The number of pyridine rings is 3. The van der Waals surface area contributed by atoms with Crippen molar-refractivity contribution in [1.82, 2.24) is 30.2 Å². The number of rotatable bonds is 6. The van der Waals surface area contributed by atoms with Crippen molar-refractivity contribution >= 4 is 27.8 Å². The zero-order chi connectivity index (χ0) is 25.4. The fourth-order valence-electron chi connectivity index (χ4n) is 5.13. The Morgan fingerprint density at radius 3 is 2.65 bits per heavy atom. The summed E-state index contributed by atoms with van der Waals surface area (Å²) in [6.07, 6.45) is 8.86. The minimum Gasteiger partial charge on any atom is -0.350 e. The van der Waals surface area contributed by atoms with Gasteiger partial charge in [-0.2, -0.15) is 0 Å². The molecule has 2 N–H and O–H groups in total. The van der Waals surface area contributed by atoms with E-state index in [4.69, 9.17) is 0 Å². The summed E-state index contributed by atoms with van der Waals surface area (Å²) in [7, 11) is 0. The summed E-state index contributed by atoms with van der Waals surface area (Å²) in [6, 6.07) is 13.1. The van der Waals surface area contributed by atoms with Crippen LogP contribution in [0.1, 0.15) is 30.1 Å². The molecule has 1 atom stereocenters. The summed E-state index contributed by atoms with van der Waals surface area (Å²) in [5.41, 5.74) is 4.62. The van der Waals surface area contributed by atoms with Crippen molar-refractivity contribution in [2.24, 2.45) is 0 Å². The average molecular weight is 495 g/mol. The monoisotopic (exact) mass is 494 g/mol. The highest BCUT2D eigenvalue weighted by atomic mass is 19.1. The van der Waals surface area contributed by atoms with Gasteiger partial charge in [0.25, 0.3) is 5.91 Å². The molecule has 5 heterocycles. The van der Waals surface area contributed by atoms with Crippen LogP contribution in [0, 0.1) is 5.82 Å². The van der Waals surface area contributed by atoms with Crippen LogP contribution in [0.5, 0.6) is 0 Å². The van der Waals surface area contributed by atoms with Gasteiger partial charge in [0.1, 0.15) is 11.5 Å². The van der Waals surface area contributed by atoms with Crippen molar-refractivity contribution in [2.45, 2.75) is 25.8 Å². The summed E-state index contributed by atoms with van der Waals surface area (Å²) in [6.45, 7) is 4.92. The molecular weight excluding hydrogens is 467 g/mol. The molecule has 5 aromatic rings. The quantitative estimate of drug-likeness (QED) is 0.339. The molecule has 1 aromatic carbocycles. The van der Waals surface area contributed by atoms with E-state index in [1.165, 1.54) is 19.0 Å². The van der Waals surface area contributed by atoms with Gasteiger partial charge < -0.3 is 10.3 Å². The van der Waals surface area contributed by atoms with E-state index >= 15 is 4.39 Å². The molecule has 1 unspecified atom stereocenters. The normalized spacial score (nSPS) is 14.9. The molecule has 1 aliphatic rings. The van der Waals surface area contributed by atoms with E-state index in [-0.39, 0.29) is 5.91 Å². The fraction of sp³-hybridized carbons (Fsp3) is 0.241. The highest BCUT2D eigenvalue weighted by Crippen LogP contribution is 2.36.